The van der Waals surface area contributed by atoms with Crippen LogP contribution in [-0.2, 0) is 4.79 Å². The molecule has 3 N–H and O–H groups in total. The molecule has 1 aliphatic carbocycles. The molecule has 1 aliphatic rings. The zero-order valence-electron chi connectivity index (χ0n) is 10.6. The SMILES string of the molecule is CN(C)CCNC(=O)C1CCCC(N)C1.Cl.Cl. The zero-order chi connectivity index (χ0) is 11.3. The van der Waals surface area contributed by atoms with Gasteiger partial charge in [0, 0.05) is 25.0 Å². The Balaban J connectivity index is 0. The molecule has 4 nitrogen and oxygen atoms in total. The second-order valence-corrected chi connectivity index (χ2v) is 4.72. The van der Waals surface area contributed by atoms with Gasteiger partial charge in [0.15, 0.2) is 0 Å². The van der Waals surface area contributed by atoms with Crippen molar-refractivity contribution in [3.63, 3.8) is 0 Å². The molecule has 2 atom stereocenters. The first kappa shape index (κ1) is 19.3. The van der Waals surface area contributed by atoms with Gasteiger partial charge in [0.2, 0.25) is 5.91 Å². The molecule has 0 saturated heterocycles. The number of nitrogens with one attached hydrogen (secondary N) is 1. The van der Waals surface area contributed by atoms with E-state index in [2.05, 4.69) is 10.2 Å². The van der Waals surface area contributed by atoms with Crippen molar-refractivity contribution in [2.24, 2.45) is 11.7 Å². The van der Waals surface area contributed by atoms with E-state index in [-0.39, 0.29) is 42.7 Å². The fourth-order valence-corrected chi connectivity index (χ4v) is 2.01. The summed E-state index contributed by atoms with van der Waals surface area (Å²) in [5.74, 6) is 0.336. The first-order valence-corrected chi connectivity index (χ1v) is 5.77. The minimum atomic E-state index is 0. The smallest absolute Gasteiger partial charge is 0.223 e. The lowest BCUT2D eigenvalue weighted by Crippen LogP contribution is -2.39. The molecule has 0 radical (unpaired) electrons. The molecule has 0 heterocycles. The maximum atomic E-state index is 11.7. The van der Waals surface area contributed by atoms with Gasteiger partial charge in [-0.25, -0.2) is 0 Å². The molecule has 0 aromatic rings. The summed E-state index contributed by atoms with van der Waals surface area (Å²) in [5.41, 5.74) is 5.85. The summed E-state index contributed by atoms with van der Waals surface area (Å²) < 4.78 is 0. The van der Waals surface area contributed by atoms with Crippen LogP contribution in [0.2, 0.25) is 0 Å². The first-order valence-electron chi connectivity index (χ1n) is 5.77. The van der Waals surface area contributed by atoms with Gasteiger partial charge < -0.3 is 16.0 Å². The van der Waals surface area contributed by atoms with Gasteiger partial charge in [0.1, 0.15) is 0 Å². The molecule has 0 aromatic heterocycles. The highest BCUT2D eigenvalue weighted by Crippen LogP contribution is 2.22. The van der Waals surface area contributed by atoms with Crippen molar-refractivity contribution in [3.8, 4) is 0 Å². The second-order valence-electron chi connectivity index (χ2n) is 4.72. The van der Waals surface area contributed by atoms with E-state index in [0.29, 0.717) is 0 Å². The minimum absolute atomic E-state index is 0. The normalized spacial score (nSPS) is 23.5. The third-order valence-electron chi connectivity index (χ3n) is 2.94. The number of hydrogen-bond acceptors (Lipinski definition) is 3. The summed E-state index contributed by atoms with van der Waals surface area (Å²) in [6.07, 6.45) is 4.02. The Morgan fingerprint density at radius 1 is 1.35 bits per heavy atom. The van der Waals surface area contributed by atoms with Crippen LogP contribution < -0.4 is 11.1 Å². The van der Waals surface area contributed by atoms with Crippen LogP contribution in [0.5, 0.6) is 0 Å². The molecule has 6 heteroatoms. The third-order valence-corrected chi connectivity index (χ3v) is 2.94. The number of nitrogens with zero attached hydrogens (tertiary/aromatic N) is 1. The van der Waals surface area contributed by atoms with Crippen LogP contribution in [0.1, 0.15) is 25.7 Å². The van der Waals surface area contributed by atoms with Gasteiger partial charge in [0.25, 0.3) is 0 Å². The van der Waals surface area contributed by atoms with Gasteiger partial charge in [-0.15, -0.1) is 24.8 Å². The summed E-state index contributed by atoms with van der Waals surface area (Å²) in [6.45, 7) is 1.63. The van der Waals surface area contributed by atoms with E-state index in [1.165, 1.54) is 0 Å². The number of carbonyl (C=O) groups excluding carboxylic acids is 1. The monoisotopic (exact) mass is 285 g/mol. The molecule has 1 saturated carbocycles. The fourth-order valence-electron chi connectivity index (χ4n) is 2.01. The highest BCUT2D eigenvalue weighted by molar-refractivity contribution is 5.85. The maximum Gasteiger partial charge on any atom is 0.223 e. The molecule has 0 bridgehead atoms. The molecular formula is C11H25Cl2N3O. The lowest BCUT2D eigenvalue weighted by atomic mass is 9.85. The first-order chi connectivity index (χ1) is 7.09. The molecule has 1 fully saturated rings. The lowest BCUT2D eigenvalue weighted by molar-refractivity contribution is -0.126. The highest BCUT2D eigenvalue weighted by atomic mass is 35.5. The van der Waals surface area contributed by atoms with Gasteiger partial charge in [-0.2, -0.15) is 0 Å². The van der Waals surface area contributed by atoms with E-state index >= 15 is 0 Å². The van der Waals surface area contributed by atoms with Crippen LogP contribution in [-0.4, -0.2) is 44.0 Å². The van der Waals surface area contributed by atoms with Crippen molar-refractivity contribution in [1.82, 2.24) is 10.2 Å². The van der Waals surface area contributed by atoms with Crippen molar-refractivity contribution >= 4 is 30.7 Å². The summed E-state index contributed by atoms with van der Waals surface area (Å²) in [5, 5.41) is 2.97. The van der Waals surface area contributed by atoms with Crippen LogP contribution >= 0.6 is 24.8 Å². The Kier molecular flexibility index (Phi) is 11.3. The molecule has 1 rings (SSSR count). The average Bonchev–Trinajstić information content (AvgIpc) is 2.17. The van der Waals surface area contributed by atoms with E-state index in [0.717, 1.165) is 38.8 Å². The largest absolute Gasteiger partial charge is 0.355 e. The van der Waals surface area contributed by atoms with E-state index in [1.54, 1.807) is 0 Å². The summed E-state index contributed by atoms with van der Waals surface area (Å²) in [4.78, 5) is 13.8. The Bertz CT molecular complexity index is 215. The summed E-state index contributed by atoms with van der Waals surface area (Å²) in [7, 11) is 4.01. The number of hydrogen-bond donors (Lipinski definition) is 2. The van der Waals surface area contributed by atoms with Crippen LogP contribution in [0, 0.1) is 5.92 Å². The molecule has 0 aliphatic heterocycles. The number of amides is 1. The molecule has 0 spiro atoms. The molecule has 104 valence electrons. The molecule has 0 aromatic carbocycles. The van der Waals surface area contributed by atoms with E-state index in [9.17, 15) is 4.79 Å². The second kappa shape index (κ2) is 9.95. The van der Waals surface area contributed by atoms with Crippen molar-refractivity contribution in [3.05, 3.63) is 0 Å². The van der Waals surface area contributed by atoms with Gasteiger partial charge in [-0.05, 0) is 33.4 Å². The van der Waals surface area contributed by atoms with Crippen molar-refractivity contribution in [1.29, 1.82) is 0 Å². The van der Waals surface area contributed by atoms with Gasteiger partial charge >= 0.3 is 0 Å². The Labute approximate surface area is 117 Å². The van der Waals surface area contributed by atoms with Crippen molar-refractivity contribution < 1.29 is 4.79 Å². The molecule has 1 amide bonds. The van der Waals surface area contributed by atoms with Gasteiger partial charge in [-0.3, -0.25) is 4.79 Å². The summed E-state index contributed by atoms with van der Waals surface area (Å²) >= 11 is 0. The number of carbonyl (C=O) groups is 1. The molecular weight excluding hydrogens is 261 g/mol. The quantitative estimate of drug-likeness (QED) is 0.811. The number of nitrogens with two attached hydrogens (primary N) is 1. The number of halogens is 2. The molecule has 2 unspecified atom stereocenters. The topological polar surface area (TPSA) is 58.4 Å². The van der Waals surface area contributed by atoms with Crippen LogP contribution in [0.25, 0.3) is 0 Å². The summed E-state index contributed by atoms with van der Waals surface area (Å²) in [6, 6.07) is 0.225. The Morgan fingerprint density at radius 2 is 2.00 bits per heavy atom. The molecule has 17 heavy (non-hydrogen) atoms. The van der Waals surface area contributed by atoms with Crippen molar-refractivity contribution in [2.75, 3.05) is 27.2 Å². The Morgan fingerprint density at radius 3 is 2.53 bits per heavy atom. The highest BCUT2D eigenvalue weighted by Gasteiger charge is 2.24. The number of likely N-dealkylation sites (N-methyl/N-ethyl adjacent to an activating group) is 1. The van der Waals surface area contributed by atoms with Crippen LogP contribution in [0.4, 0.5) is 0 Å². The number of rotatable bonds is 4. The fraction of sp³-hybridized carbons (Fsp3) is 0.909. The van der Waals surface area contributed by atoms with Crippen molar-refractivity contribution in [2.45, 2.75) is 31.7 Å². The predicted octanol–water partition coefficient (Wildman–Crippen LogP) is 1.03. The zero-order valence-corrected chi connectivity index (χ0v) is 12.3. The van der Waals surface area contributed by atoms with E-state index in [1.807, 2.05) is 14.1 Å². The van der Waals surface area contributed by atoms with E-state index in [4.69, 9.17) is 5.73 Å². The van der Waals surface area contributed by atoms with Gasteiger partial charge in [0.05, 0.1) is 0 Å². The Hall–Kier alpha value is -0.0300. The van der Waals surface area contributed by atoms with Gasteiger partial charge in [-0.1, -0.05) is 6.42 Å². The van der Waals surface area contributed by atoms with Crippen LogP contribution in [0.3, 0.4) is 0 Å². The third kappa shape index (κ3) is 7.82. The standard InChI is InChI=1S/C11H23N3O.2ClH/c1-14(2)7-6-13-11(15)9-4-3-5-10(12)8-9;;/h9-10H,3-8,12H2,1-2H3,(H,13,15);2*1H. The minimum Gasteiger partial charge on any atom is -0.355 e. The predicted molar refractivity (Wildman–Crippen MR) is 76.0 cm³/mol. The maximum absolute atomic E-state index is 11.7. The lowest BCUT2D eigenvalue weighted by Gasteiger charge is -2.25. The van der Waals surface area contributed by atoms with E-state index < -0.39 is 0 Å². The van der Waals surface area contributed by atoms with Crippen LogP contribution in [0.15, 0.2) is 0 Å². The average molecular weight is 286 g/mol.